The average molecular weight is 254 g/mol. The molecule has 0 amide bonds. The topological polar surface area (TPSA) is 65.0 Å². The lowest BCUT2D eigenvalue weighted by atomic mass is 10.2. The Hall–Kier alpha value is -1.59. The average Bonchev–Trinajstić information content (AvgIpc) is 2.39. The van der Waals surface area contributed by atoms with Gasteiger partial charge in [0.2, 0.25) is 0 Å². The van der Waals surface area contributed by atoms with Gasteiger partial charge in [0.25, 0.3) is 0 Å². The minimum absolute atomic E-state index is 0.0145. The van der Waals surface area contributed by atoms with E-state index in [0.29, 0.717) is 31.1 Å². The van der Waals surface area contributed by atoms with Crippen molar-refractivity contribution in [2.45, 2.75) is 6.92 Å². The third kappa shape index (κ3) is 4.73. The first-order valence-electron chi connectivity index (χ1n) is 5.87. The van der Waals surface area contributed by atoms with Crippen molar-refractivity contribution in [1.29, 1.82) is 0 Å². The number of benzene rings is 1. The number of carbonyl (C=O) groups excluding carboxylic acids is 1. The van der Waals surface area contributed by atoms with Crippen molar-refractivity contribution < 1.29 is 24.1 Å². The summed E-state index contributed by atoms with van der Waals surface area (Å²) in [5.74, 6) is 0.0768. The Kier molecular flexibility index (Phi) is 6.83. The van der Waals surface area contributed by atoms with Crippen molar-refractivity contribution in [3.8, 4) is 5.75 Å². The second-order valence-corrected chi connectivity index (χ2v) is 3.40. The van der Waals surface area contributed by atoms with Gasteiger partial charge in [-0.1, -0.05) is 12.1 Å². The number of hydrogen-bond acceptors (Lipinski definition) is 5. The Balaban J connectivity index is 2.51. The predicted molar refractivity (Wildman–Crippen MR) is 65.8 cm³/mol. The van der Waals surface area contributed by atoms with Crippen LogP contribution in [0.3, 0.4) is 0 Å². The first-order chi connectivity index (χ1) is 8.79. The van der Waals surface area contributed by atoms with E-state index in [1.165, 1.54) is 0 Å². The Morgan fingerprint density at radius 1 is 1.22 bits per heavy atom. The highest BCUT2D eigenvalue weighted by Gasteiger charge is 2.12. The van der Waals surface area contributed by atoms with Gasteiger partial charge in [0, 0.05) is 0 Å². The summed E-state index contributed by atoms with van der Waals surface area (Å²) in [6.45, 7) is 3.02. The predicted octanol–water partition coefficient (Wildman–Crippen LogP) is 1.25. The number of hydrogen-bond donors (Lipinski definition) is 1. The zero-order valence-corrected chi connectivity index (χ0v) is 10.4. The summed E-state index contributed by atoms with van der Waals surface area (Å²) in [6, 6.07) is 6.90. The summed E-state index contributed by atoms with van der Waals surface area (Å²) in [7, 11) is 0. The zero-order chi connectivity index (χ0) is 13.2. The van der Waals surface area contributed by atoms with Gasteiger partial charge in [-0.3, -0.25) is 0 Å². The van der Waals surface area contributed by atoms with Gasteiger partial charge in [0.15, 0.2) is 0 Å². The fourth-order valence-electron chi connectivity index (χ4n) is 1.35. The van der Waals surface area contributed by atoms with E-state index in [2.05, 4.69) is 0 Å². The fourth-order valence-corrected chi connectivity index (χ4v) is 1.35. The SMILES string of the molecule is CCOC(=O)c1ccccc1OCCOCCO. The van der Waals surface area contributed by atoms with E-state index in [1.807, 2.05) is 0 Å². The van der Waals surface area contributed by atoms with Gasteiger partial charge in [-0.15, -0.1) is 0 Å². The van der Waals surface area contributed by atoms with E-state index in [1.54, 1.807) is 31.2 Å². The van der Waals surface area contributed by atoms with Crippen LogP contribution in [0.4, 0.5) is 0 Å². The van der Waals surface area contributed by atoms with Gasteiger partial charge in [-0.05, 0) is 19.1 Å². The van der Waals surface area contributed by atoms with Crippen LogP contribution >= 0.6 is 0 Å². The summed E-state index contributed by atoms with van der Waals surface area (Å²) in [6.07, 6.45) is 0. The second kappa shape index (κ2) is 8.49. The van der Waals surface area contributed by atoms with Crippen LogP contribution in [0, 0.1) is 0 Å². The molecule has 0 unspecified atom stereocenters. The van der Waals surface area contributed by atoms with Crippen LogP contribution in [0.2, 0.25) is 0 Å². The quantitative estimate of drug-likeness (QED) is 0.558. The van der Waals surface area contributed by atoms with Crippen LogP contribution in [0.25, 0.3) is 0 Å². The molecule has 18 heavy (non-hydrogen) atoms. The maximum Gasteiger partial charge on any atom is 0.341 e. The van der Waals surface area contributed by atoms with Gasteiger partial charge in [0.05, 0.1) is 26.4 Å². The number of ether oxygens (including phenoxy) is 3. The molecule has 0 atom stereocenters. The summed E-state index contributed by atoms with van der Waals surface area (Å²) in [4.78, 5) is 11.6. The van der Waals surface area contributed by atoms with Crippen molar-refractivity contribution in [3.63, 3.8) is 0 Å². The normalized spacial score (nSPS) is 10.1. The van der Waals surface area contributed by atoms with Crippen LogP contribution in [0.15, 0.2) is 24.3 Å². The van der Waals surface area contributed by atoms with E-state index in [4.69, 9.17) is 19.3 Å². The molecule has 0 saturated heterocycles. The first-order valence-corrected chi connectivity index (χ1v) is 5.87. The molecule has 0 aromatic heterocycles. The van der Waals surface area contributed by atoms with Crippen molar-refractivity contribution >= 4 is 5.97 Å². The number of para-hydroxylation sites is 1. The molecule has 0 radical (unpaired) electrons. The molecule has 0 saturated carbocycles. The molecule has 0 spiro atoms. The molecule has 0 bridgehead atoms. The molecule has 0 fully saturated rings. The molecule has 5 heteroatoms. The number of aliphatic hydroxyl groups excluding tert-OH is 1. The summed E-state index contributed by atoms with van der Waals surface area (Å²) in [5.41, 5.74) is 0.404. The van der Waals surface area contributed by atoms with E-state index < -0.39 is 5.97 Å². The Morgan fingerprint density at radius 2 is 2.00 bits per heavy atom. The van der Waals surface area contributed by atoms with Crippen LogP contribution < -0.4 is 4.74 Å². The second-order valence-electron chi connectivity index (χ2n) is 3.40. The van der Waals surface area contributed by atoms with Gasteiger partial charge < -0.3 is 19.3 Å². The van der Waals surface area contributed by atoms with Gasteiger partial charge in [-0.25, -0.2) is 4.79 Å². The molecule has 1 aromatic carbocycles. The van der Waals surface area contributed by atoms with Crippen LogP contribution in [0.5, 0.6) is 5.75 Å². The fraction of sp³-hybridized carbons (Fsp3) is 0.462. The lowest BCUT2D eigenvalue weighted by molar-refractivity contribution is 0.0513. The molecule has 1 N–H and O–H groups in total. The number of aliphatic hydroxyl groups is 1. The highest BCUT2D eigenvalue weighted by molar-refractivity contribution is 5.92. The van der Waals surface area contributed by atoms with E-state index >= 15 is 0 Å². The van der Waals surface area contributed by atoms with Gasteiger partial charge in [-0.2, -0.15) is 0 Å². The highest BCUT2D eigenvalue weighted by atomic mass is 16.5. The van der Waals surface area contributed by atoms with E-state index in [0.717, 1.165) is 0 Å². The van der Waals surface area contributed by atoms with Crippen molar-refractivity contribution in [2.24, 2.45) is 0 Å². The molecule has 0 aliphatic rings. The Morgan fingerprint density at radius 3 is 2.72 bits per heavy atom. The highest BCUT2D eigenvalue weighted by Crippen LogP contribution is 2.18. The van der Waals surface area contributed by atoms with Crippen molar-refractivity contribution in [3.05, 3.63) is 29.8 Å². The number of rotatable bonds is 8. The maximum atomic E-state index is 11.6. The molecular weight excluding hydrogens is 236 g/mol. The Labute approximate surface area is 106 Å². The lowest BCUT2D eigenvalue weighted by Gasteiger charge is -2.10. The van der Waals surface area contributed by atoms with E-state index in [-0.39, 0.29) is 13.2 Å². The minimum Gasteiger partial charge on any atom is -0.490 e. The van der Waals surface area contributed by atoms with Gasteiger partial charge >= 0.3 is 5.97 Å². The summed E-state index contributed by atoms with van der Waals surface area (Å²) >= 11 is 0. The van der Waals surface area contributed by atoms with Crippen LogP contribution in [0.1, 0.15) is 17.3 Å². The lowest BCUT2D eigenvalue weighted by Crippen LogP contribution is -2.12. The molecule has 5 nitrogen and oxygen atoms in total. The van der Waals surface area contributed by atoms with Crippen LogP contribution in [-0.4, -0.2) is 44.1 Å². The van der Waals surface area contributed by atoms with Crippen molar-refractivity contribution in [2.75, 3.05) is 33.0 Å². The van der Waals surface area contributed by atoms with Crippen LogP contribution in [-0.2, 0) is 9.47 Å². The Bertz CT molecular complexity index is 364. The summed E-state index contributed by atoms with van der Waals surface area (Å²) in [5, 5.41) is 8.53. The molecular formula is C13H18O5. The molecule has 1 aromatic rings. The minimum atomic E-state index is -0.399. The zero-order valence-electron chi connectivity index (χ0n) is 10.4. The first kappa shape index (κ1) is 14.5. The maximum absolute atomic E-state index is 11.6. The number of esters is 1. The van der Waals surface area contributed by atoms with E-state index in [9.17, 15) is 4.79 Å². The third-order valence-electron chi connectivity index (χ3n) is 2.10. The van der Waals surface area contributed by atoms with Gasteiger partial charge in [0.1, 0.15) is 17.9 Å². The summed E-state index contributed by atoms with van der Waals surface area (Å²) < 4.78 is 15.4. The monoisotopic (exact) mass is 254 g/mol. The molecule has 0 aliphatic heterocycles. The standard InChI is InChI=1S/C13H18O5/c1-2-17-13(15)11-5-3-4-6-12(11)18-10-9-16-8-7-14/h3-6,14H,2,7-10H2,1H3. The van der Waals surface area contributed by atoms with Crippen molar-refractivity contribution in [1.82, 2.24) is 0 Å². The molecule has 100 valence electrons. The smallest absolute Gasteiger partial charge is 0.341 e. The number of carbonyl (C=O) groups is 1. The largest absolute Gasteiger partial charge is 0.490 e. The third-order valence-corrected chi connectivity index (χ3v) is 2.10. The molecule has 0 aliphatic carbocycles. The molecule has 0 heterocycles. The molecule has 1 rings (SSSR count).